The summed E-state index contributed by atoms with van der Waals surface area (Å²) in [6, 6.07) is 22.2. The van der Waals surface area contributed by atoms with Crippen LogP contribution in [-0.2, 0) is 21.2 Å². The Morgan fingerprint density at radius 2 is 1.61 bits per heavy atom. The predicted octanol–water partition coefficient (Wildman–Crippen LogP) is 4.00. The van der Waals surface area contributed by atoms with E-state index in [-0.39, 0.29) is 11.3 Å². The van der Waals surface area contributed by atoms with Crippen molar-refractivity contribution in [1.82, 2.24) is 9.71 Å². The number of nitrogens with one attached hydrogen (secondary N) is 3. The number of carbonyl (C=O) groups excluding carboxylic acids is 1. The van der Waals surface area contributed by atoms with Crippen LogP contribution in [0.1, 0.15) is 11.1 Å². The number of sulfonamides is 1. The average molecular weight is 434 g/mol. The molecule has 7 heteroatoms. The molecular formula is C24H23N3O3S. The molecule has 158 valence electrons. The Morgan fingerprint density at radius 1 is 0.935 bits per heavy atom. The summed E-state index contributed by atoms with van der Waals surface area (Å²) in [6.45, 7) is 1.89. The molecule has 0 fully saturated rings. The van der Waals surface area contributed by atoms with Gasteiger partial charge >= 0.3 is 0 Å². The molecule has 0 aliphatic rings. The van der Waals surface area contributed by atoms with Crippen molar-refractivity contribution in [3.63, 3.8) is 0 Å². The van der Waals surface area contributed by atoms with Crippen LogP contribution in [-0.4, -0.2) is 25.4 Å². The van der Waals surface area contributed by atoms with E-state index < -0.39 is 22.0 Å². The Hall–Kier alpha value is -3.42. The normalized spacial score (nSPS) is 12.5. The van der Waals surface area contributed by atoms with Gasteiger partial charge in [0.2, 0.25) is 15.9 Å². The third-order valence-corrected chi connectivity index (χ3v) is 6.57. The summed E-state index contributed by atoms with van der Waals surface area (Å²) < 4.78 is 28.6. The van der Waals surface area contributed by atoms with Gasteiger partial charge in [-0.05, 0) is 49.2 Å². The Labute approximate surface area is 181 Å². The summed E-state index contributed by atoms with van der Waals surface area (Å²) in [5.41, 5.74) is 3.35. The number of rotatable bonds is 7. The minimum atomic E-state index is -3.89. The molecule has 0 spiro atoms. The monoisotopic (exact) mass is 433 g/mol. The van der Waals surface area contributed by atoms with Gasteiger partial charge in [0.1, 0.15) is 6.04 Å². The maximum atomic E-state index is 13.1. The van der Waals surface area contributed by atoms with Gasteiger partial charge in [0.15, 0.2) is 0 Å². The van der Waals surface area contributed by atoms with E-state index in [2.05, 4.69) is 15.0 Å². The number of aromatic amines is 1. The summed E-state index contributed by atoms with van der Waals surface area (Å²) in [6.07, 6.45) is 2.02. The zero-order chi connectivity index (χ0) is 21.8. The number of H-pyrrole nitrogens is 1. The van der Waals surface area contributed by atoms with E-state index in [4.69, 9.17) is 0 Å². The molecule has 3 aromatic carbocycles. The van der Waals surface area contributed by atoms with Gasteiger partial charge < -0.3 is 10.3 Å². The number of fused-ring (bicyclic) bond motifs is 1. The van der Waals surface area contributed by atoms with Crippen LogP contribution in [0.4, 0.5) is 5.69 Å². The summed E-state index contributed by atoms with van der Waals surface area (Å²) in [5, 5.41) is 3.76. The van der Waals surface area contributed by atoms with Crippen molar-refractivity contribution in [3.8, 4) is 0 Å². The Balaban J connectivity index is 1.64. The van der Waals surface area contributed by atoms with Crippen LogP contribution in [0.3, 0.4) is 0 Å². The molecule has 3 N–H and O–H groups in total. The molecule has 0 aliphatic carbocycles. The highest BCUT2D eigenvalue weighted by atomic mass is 32.2. The quantitative estimate of drug-likeness (QED) is 0.411. The van der Waals surface area contributed by atoms with E-state index in [0.29, 0.717) is 5.69 Å². The number of aromatic nitrogens is 1. The molecule has 0 radical (unpaired) electrons. The first-order valence-corrected chi connectivity index (χ1v) is 11.4. The van der Waals surface area contributed by atoms with Gasteiger partial charge in [0.25, 0.3) is 0 Å². The first-order valence-electron chi connectivity index (χ1n) is 9.92. The summed E-state index contributed by atoms with van der Waals surface area (Å²) >= 11 is 0. The second-order valence-electron chi connectivity index (χ2n) is 7.41. The number of hydrogen-bond donors (Lipinski definition) is 3. The molecule has 1 aromatic heterocycles. The highest BCUT2D eigenvalue weighted by Crippen LogP contribution is 2.21. The number of amides is 1. The number of aryl methyl sites for hydroxylation is 1. The number of benzene rings is 3. The SMILES string of the molecule is Cc1ccc(S(=O)(=O)NC(Cc2c[nH]c3ccccc23)C(=O)Nc2ccccc2)cc1. The predicted molar refractivity (Wildman–Crippen MR) is 122 cm³/mol. The van der Waals surface area contributed by atoms with Crippen molar-refractivity contribution in [2.45, 2.75) is 24.3 Å². The van der Waals surface area contributed by atoms with Crippen LogP contribution in [0.25, 0.3) is 10.9 Å². The van der Waals surface area contributed by atoms with Gasteiger partial charge in [0.05, 0.1) is 4.90 Å². The van der Waals surface area contributed by atoms with Gasteiger partial charge in [-0.2, -0.15) is 4.72 Å². The molecular weight excluding hydrogens is 410 g/mol. The molecule has 1 atom stereocenters. The second kappa shape index (κ2) is 8.75. The topological polar surface area (TPSA) is 91.1 Å². The summed E-state index contributed by atoms with van der Waals surface area (Å²) in [5.74, 6) is -0.424. The van der Waals surface area contributed by atoms with E-state index in [1.807, 2.05) is 43.5 Å². The standard InChI is InChI=1S/C24H23N3O3S/c1-17-11-13-20(14-12-17)31(29,30)27-23(24(28)26-19-7-3-2-4-8-19)15-18-16-25-22-10-6-5-9-21(18)22/h2-14,16,23,25,27H,15H2,1H3,(H,26,28). The van der Waals surface area contributed by atoms with Crippen LogP contribution in [0.5, 0.6) is 0 Å². The van der Waals surface area contributed by atoms with Gasteiger partial charge in [-0.25, -0.2) is 8.42 Å². The fraction of sp³-hybridized carbons (Fsp3) is 0.125. The van der Waals surface area contributed by atoms with Crippen LogP contribution >= 0.6 is 0 Å². The number of carbonyl (C=O) groups is 1. The number of anilines is 1. The van der Waals surface area contributed by atoms with Crippen molar-refractivity contribution in [2.24, 2.45) is 0 Å². The van der Waals surface area contributed by atoms with Gasteiger partial charge in [-0.1, -0.05) is 54.1 Å². The Morgan fingerprint density at radius 3 is 2.35 bits per heavy atom. The first kappa shape index (κ1) is 20.8. The van der Waals surface area contributed by atoms with Gasteiger partial charge in [-0.3, -0.25) is 4.79 Å². The smallest absolute Gasteiger partial charge is 0.242 e. The lowest BCUT2D eigenvalue weighted by Crippen LogP contribution is -2.45. The maximum Gasteiger partial charge on any atom is 0.242 e. The van der Waals surface area contributed by atoms with Crippen molar-refractivity contribution in [2.75, 3.05) is 5.32 Å². The molecule has 0 saturated heterocycles. The first-order chi connectivity index (χ1) is 14.9. The van der Waals surface area contributed by atoms with E-state index in [1.54, 1.807) is 36.4 Å². The lowest BCUT2D eigenvalue weighted by molar-refractivity contribution is -0.117. The fourth-order valence-corrected chi connectivity index (χ4v) is 4.63. The molecule has 4 aromatic rings. The largest absolute Gasteiger partial charge is 0.361 e. The number of hydrogen-bond acceptors (Lipinski definition) is 3. The molecule has 1 heterocycles. The van der Waals surface area contributed by atoms with Gasteiger partial charge in [-0.15, -0.1) is 0 Å². The van der Waals surface area contributed by atoms with Crippen LogP contribution in [0, 0.1) is 6.92 Å². The summed E-state index contributed by atoms with van der Waals surface area (Å²) in [7, 11) is -3.89. The molecule has 1 amide bonds. The molecule has 0 aliphatic heterocycles. The summed E-state index contributed by atoms with van der Waals surface area (Å²) in [4.78, 5) is 16.4. The Kier molecular flexibility index (Phi) is 5.88. The molecule has 6 nitrogen and oxygen atoms in total. The minimum absolute atomic E-state index is 0.120. The third kappa shape index (κ3) is 4.84. The number of para-hydroxylation sites is 2. The van der Waals surface area contributed by atoms with Crippen molar-refractivity contribution >= 4 is 32.5 Å². The second-order valence-corrected chi connectivity index (χ2v) is 9.12. The highest BCUT2D eigenvalue weighted by Gasteiger charge is 2.27. The molecule has 4 rings (SSSR count). The highest BCUT2D eigenvalue weighted by molar-refractivity contribution is 7.89. The third-order valence-electron chi connectivity index (χ3n) is 5.09. The fourth-order valence-electron chi connectivity index (χ4n) is 3.43. The maximum absolute atomic E-state index is 13.1. The van der Waals surface area contributed by atoms with E-state index in [9.17, 15) is 13.2 Å². The lowest BCUT2D eigenvalue weighted by Gasteiger charge is -2.19. The molecule has 31 heavy (non-hydrogen) atoms. The molecule has 0 bridgehead atoms. The minimum Gasteiger partial charge on any atom is -0.361 e. The molecule has 1 unspecified atom stereocenters. The van der Waals surface area contributed by atoms with Crippen LogP contribution in [0.2, 0.25) is 0 Å². The van der Waals surface area contributed by atoms with Crippen molar-refractivity contribution < 1.29 is 13.2 Å². The zero-order valence-electron chi connectivity index (χ0n) is 17.0. The van der Waals surface area contributed by atoms with E-state index in [0.717, 1.165) is 22.0 Å². The van der Waals surface area contributed by atoms with Crippen molar-refractivity contribution in [1.29, 1.82) is 0 Å². The zero-order valence-corrected chi connectivity index (χ0v) is 17.8. The average Bonchev–Trinajstić information content (AvgIpc) is 3.17. The van der Waals surface area contributed by atoms with E-state index >= 15 is 0 Å². The van der Waals surface area contributed by atoms with E-state index in [1.165, 1.54) is 12.1 Å². The molecule has 0 saturated carbocycles. The Bertz CT molecular complexity index is 1300. The van der Waals surface area contributed by atoms with Crippen molar-refractivity contribution in [3.05, 3.63) is 96.2 Å². The lowest BCUT2D eigenvalue weighted by atomic mass is 10.0. The van der Waals surface area contributed by atoms with Crippen LogP contribution < -0.4 is 10.0 Å². The van der Waals surface area contributed by atoms with Crippen LogP contribution in [0.15, 0.2) is 90.0 Å². The van der Waals surface area contributed by atoms with Gasteiger partial charge in [0, 0.05) is 22.8 Å².